The van der Waals surface area contributed by atoms with Gasteiger partial charge in [-0.1, -0.05) is 28.1 Å². The molecule has 3 aromatic rings. The third-order valence-corrected chi connectivity index (χ3v) is 5.76. The summed E-state index contributed by atoms with van der Waals surface area (Å²) in [7, 11) is 1.56. The highest BCUT2D eigenvalue weighted by Crippen LogP contribution is 2.33. The topological polar surface area (TPSA) is 97.0 Å². The summed E-state index contributed by atoms with van der Waals surface area (Å²) in [6, 6.07) is 19.8. The Hall–Kier alpha value is -3.85. The molecule has 3 aromatic carbocycles. The number of halogens is 1. The fraction of sp³-hybridized carbons (Fsp3) is 0.160. The molecule has 1 atom stereocenters. The van der Waals surface area contributed by atoms with E-state index >= 15 is 0 Å². The van der Waals surface area contributed by atoms with Gasteiger partial charge in [0.05, 0.1) is 24.9 Å². The molecular weight excluding hydrogens is 502 g/mol. The highest BCUT2D eigenvalue weighted by atomic mass is 79.9. The SMILES string of the molecule is COc1ccc(OCC(=O)N2c3ccccc3NC(=O)[C@@H]2CC(=O)Nc2ccc(Br)cc2)cc1. The lowest BCUT2D eigenvalue weighted by atomic mass is 10.0. The number of amides is 3. The largest absolute Gasteiger partial charge is 0.497 e. The van der Waals surface area contributed by atoms with Gasteiger partial charge in [-0.25, -0.2) is 0 Å². The van der Waals surface area contributed by atoms with Gasteiger partial charge in [0, 0.05) is 10.2 Å². The molecule has 0 bridgehead atoms. The second-order valence-corrected chi connectivity index (χ2v) is 8.43. The summed E-state index contributed by atoms with van der Waals surface area (Å²) in [6.45, 7) is -0.307. The number of fused-ring (bicyclic) bond motifs is 1. The molecule has 2 N–H and O–H groups in total. The zero-order valence-electron chi connectivity index (χ0n) is 18.3. The van der Waals surface area contributed by atoms with Gasteiger partial charge in [0.25, 0.3) is 5.91 Å². The number of anilines is 3. The Morgan fingerprint density at radius 3 is 2.38 bits per heavy atom. The molecule has 0 spiro atoms. The second kappa shape index (κ2) is 10.4. The van der Waals surface area contributed by atoms with Crippen LogP contribution in [-0.4, -0.2) is 37.5 Å². The molecule has 9 heteroatoms. The fourth-order valence-electron chi connectivity index (χ4n) is 3.59. The third kappa shape index (κ3) is 5.37. The lowest BCUT2D eigenvalue weighted by Gasteiger charge is -2.36. The van der Waals surface area contributed by atoms with Crippen molar-refractivity contribution in [2.45, 2.75) is 12.5 Å². The van der Waals surface area contributed by atoms with Crippen molar-refractivity contribution in [1.82, 2.24) is 0 Å². The van der Waals surface area contributed by atoms with Crippen LogP contribution in [-0.2, 0) is 14.4 Å². The molecule has 1 aliphatic rings. The van der Waals surface area contributed by atoms with E-state index in [9.17, 15) is 14.4 Å². The molecule has 0 unspecified atom stereocenters. The molecule has 174 valence electrons. The maximum Gasteiger partial charge on any atom is 0.265 e. The van der Waals surface area contributed by atoms with Crippen molar-refractivity contribution in [3.63, 3.8) is 0 Å². The predicted octanol–water partition coefficient (Wildman–Crippen LogP) is 4.22. The Morgan fingerprint density at radius 1 is 1.00 bits per heavy atom. The van der Waals surface area contributed by atoms with Crippen LogP contribution in [0.1, 0.15) is 6.42 Å². The summed E-state index contributed by atoms with van der Waals surface area (Å²) < 4.78 is 11.6. The number of carbonyl (C=O) groups excluding carboxylic acids is 3. The molecule has 34 heavy (non-hydrogen) atoms. The molecule has 8 nitrogen and oxygen atoms in total. The molecule has 3 amide bonds. The minimum absolute atomic E-state index is 0.218. The molecule has 1 aliphatic heterocycles. The van der Waals surface area contributed by atoms with Crippen LogP contribution in [0.25, 0.3) is 0 Å². The maximum absolute atomic E-state index is 13.2. The van der Waals surface area contributed by atoms with Gasteiger partial charge in [-0.3, -0.25) is 19.3 Å². The van der Waals surface area contributed by atoms with Gasteiger partial charge in [-0.2, -0.15) is 0 Å². The Kier molecular flexibility index (Phi) is 7.12. The van der Waals surface area contributed by atoms with Crippen LogP contribution in [0, 0.1) is 0 Å². The van der Waals surface area contributed by atoms with Crippen LogP contribution >= 0.6 is 15.9 Å². The first-order valence-corrected chi connectivity index (χ1v) is 11.3. The lowest BCUT2D eigenvalue weighted by molar-refractivity contribution is -0.127. The molecule has 0 saturated carbocycles. The Bertz CT molecular complexity index is 1200. The second-order valence-electron chi connectivity index (χ2n) is 7.51. The molecule has 0 fully saturated rings. The van der Waals surface area contributed by atoms with Gasteiger partial charge >= 0.3 is 0 Å². The van der Waals surface area contributed by atoms with E-state index in [0.29, 0.717) is 28.6 Å². The first-order valence-electron chi connectivity index (χ1n) is 10.5. The average molecular weight is 524 g/mol. The molecular formula is C25H22BrN3O5. The molecule has 0 saturated heterocycles. The summed E-state index contributed by atoms with van der Waals surface area (Å²) >= 11 is 3.35. The van der Waals surface area contributed by atoms with Gasteiger partial charge < -0.3 is 20.1 Å². The average Bonchev–Trinajstić information content (AvgIpc) is 2.84. The van der Waals surface area contributed by atoms with Crippen LogP contribution in [0.15, 0.2) is 77.3 Å². The standard InChI is InChI=1S/C25H22BrN3O5/c1-33-18-10-12-19(13-11-18)34-15-24(31)29-21-5-3-2-4-20(21)28-25(32)22(29)14-23(30)27-17-8-6-16(26)7-9-17/h2-13,22H,14-15H2,1H3,(H,27,30)(H,28,32)/t22-/m0/s1. The van der Waals surface area contributed by atoms with Gasteiger partial charge in [0.2, 0.25) is 11.8 Å². The van der Waals surface area contributed by atoms with Crippen LogP contribution in [0.3, 0.4) is 0 Å². The smallest absolute Gasteiger partial charge is 0.265 e. The van der Waals surface area contributed by atoms with Gasteiger partial charge in [0.15, 0.2) is 6.61 Å². The molecule has 4 rings (SSSR count). The molecule has 0 radical (unpaired) electrons. The number of carbonyl (C=O) groups is 3. The monoisotopic (exact) mass is 523 g/mol. The minimum Gasteiger partial charge on any atom is -0.497 e. The molecule has 0 aromatic heterocycles. The zero-order chi connectivity index (χ0) is 24.1. The Balaban J connectivity index is 1.52. The number of hydrogen-bond acceptors (Lipinski definition) is 5. The lowest BCUT2D eigenvalue weighted by Crippen LogP contribution is -2.53. The quantitative estimate of drug-likeness (QED) is 0.483. The maximum atomic E-state index is 13.2. The van der Waals surface area contributed by atoms with E-state index in [1.807, 2.05) is 0 Å². The number of para-hydroxylation sites is 2. The minimum atomic E-state index is -1.03. The Labute approximate surface area is 205 Å². The predicted molar refractivity (Wildman–Crippen MR) is 132 cm³/mol. The third-order valence-electron chi connectivity index (χ3n) is 5.23. The highest BCUT2D eigenvalue weighted by Gasteiger charge is 2.38. The van der Waals surface area contributed by atoms with Crippen molar-refractivity contribution in [3.8, 4) is 11.5 Å². The zero-order valence-corrected chi connectivity index (χ0v) is 19.9. The number of benzene rings is 3. The van der Waals surface area contributed by atoms with Gasteiger partial charge in [-0.05, 0) is 60.7 Å². The van der Waals surface area contributed by atoms with E-state index in [1.54, 1.807) is 79.9 Å². The summed E-state index contributed by atoms with van der Waals surface area (Å²) in [5, 5.41) is 5.55. The summed E-state index contributed by atoms with van der Waals surface area (Å²) in [5.41, 5.74) is 1.59. The number of nitrogens with zero attached hydrogens (tertiary/aromatic N) is 1. The number of hydrogen-bond donors (Lipinski definition) is 2. The first kappa shape index (κ1) is 23.3. The van der Waals surface area contributed by atoms with Crippen LogP contribution in [0.2, 0.25) is 0 Å². The van der Waals surface area contributed by atoms with Crippen molar-refractivity contribution >= 4 is 50.7 Å². The van der Waals surface area contributed by atoms with Gasteiger partial charge in [-0.15, -0.1) is 0 Å². The van der Waals surface area contributed by atoms with Crippen molar-refractivity contribution in [2.75, 3.05) is 29.3 Å². The summed E-state index contributed by atoms with van der Waals surface area (Å²) in [5.74, 6) is -0.136. The highest BCUT2D eigenvalue weighted by molar-refractivity contribution is 9.10. The fourth-order valence-corrected chi connectivity index (χ4v) is 3.85. The van der Waals surface area contributed by atoms with E-state index in [0.717, 1.165) is 4.47 Å². The van der Waals surface area contributed by atoms with Crippen LogP contribution in [0.4, 0.5) is 17.1 Å². The number of nitrogens with one attached hydrogen (secondary N) is 2. The number of rotatable bonds is 7. The molecule has 0 aliphatic carbocycles. The van der Waals surface area contributed by atoms with Crippen molar-refractivity contribution < 1.29 is 23.9 Å². The molecule has 1 heterocycles. The van der Waals surface area contributed by atoms with Crippen molar-refractivity contribution in [3.05, 3.63) is 77.3 Å². The van der Waals surface area contributed by atoms with Crippen molar-refractivity contribution in [2.24, 2.45) is 0 Å². The first-order chi connectivity index (χ1) is 16.4. The van der Waals surface area contributed by atoms with E-state index in [1.165, 1.54) is 4.90 Å². The summed E-state index contributed by atoms with van der Waals surface area (Å²) in [6.07, 6.45) is -0.218. The summed E-state index contributed by atoms with van der Waals surface area (Å²) in [4.78, 5) is 40.2. The van der Waals surface area contributed by atoms with E-state index in [2.05, 4.69) is 26.6 Å². The van der Waals surface area contributed by atoms with E-state index in [-0.39, 0.29) is 13.0 Å². The van der Waals surface area contributed by atoms with Crippen LogP contribution in [0.5, 0.6) is 11.5 Å². The van der Waals surface area contributed by atoms with E-state index in [4.69, 9.17) is 9.47 Å². The number of ether oxygens (including phenoxy) is 2. The van der Waals surface area contributed by atoms with Crippen LogP contribution < -0.4 is 25.0 Å². The van der Waals surface area contributed by atoms with Crippen molar-refractivity contribution in [1.29, 1.82) is 0 Å². The Morgan fingerprint density at radius 2 is 1.68 bits per heavy atom. The number of methoxy groups -OCH3 is 1. The van der Waals surface area contributed by atoms with E-state index < -0.39 is 23.8 Å². The normalized spacial score (nSPS) is 14.6. The van der Waals surface area contributed by atoms with Gasteiger partial charge in [0.1, 0.15) is 17.5 Å².